The second-order valence-corrected chi connectivity index (χ2v) is 7.85. The fourth-order valence-electron chi connectivity index (χ4n) is 4.68. The zero-order chi connectivity index (χ0) is 22.1. The van der Waals surface area contributed by atoms with Crippen LogP contribution in [0.25, 0.3) is 0 Å². The second-order valence-electron chi connectivity index (χ2n) is 7.85. The van der Waals surface area contributed by atoms with Crippen LogP contribution >= 0.6 is 0 Å². The van der Waals surface area contributed by atoms with Crippen molar-refractivity contribution in [3.8, 4) is 11.5 Å². The maximum Gasteiger partial charge on any atom is 0.336 e. The van der Waals surface area contributed by atoms with Crippen molar-refractivity contribution in [1.29, 1.82) is 0 Å². The number of ketones is 1. The molecule has 0 saturated heterocycles. The van der Waals surface area contributed by atoms with Crippen molar-refractivity contribution in [2.45, 2.75) is 31.6 Å². The molecule has 1 unspecified atom stereocenters. The summed E-state index contributed by atoms with van der Waals surface area (Å²) in [7, 11) is 2.95. The number of methoxy groups -OCH3 is 2. The van der Waals surface area contributed by atoms with E-state index in [1.54, 1.807) is 25.3 Å². The second kappa shape index (κ2) is 8.30. The van der Waals surface area contributed by atoms with Gasteiger partial charge in [-0.25, -0.2) is 4.79 Å². The third kappa shape index (κ3) is 3.69. The summed E-state index contributed by atoms with van der Waals surface area (Å²) in [6.45, 7) is 1.81. The molecule has 1 aliphatic carbocycles. The van der Waals surface area contributed by atoms with Gasteiger partial charge >= 0.3 is 5.97 Å². The summed E-state index contributed by atoms with van der Waals surface area (Å²) in [6.07, 6.45) is 0.923. The first-order valence-corrected chi connectivity index (χ1v) is 10.2. The lowest BCUT2D eigenvalue weighted by Crippen LogP contribution is -2.36. The number of para-hydroxylation sites is 1. The Morgan fingerprint density at radius 3 is 2.58 bits per heavy atom. The highest BCUT2D eigenvalue weighted by molar-refractivity contribution is 6.04. The molecule has 0 aromatic heterocycles. The Balaban J connectivity index is 1.82. The van der Waals surface area contributed by atoms with Gasteiger partial charge in [0.05, 0.1) is 19.8 Å². The molecule has 2 N–H and O–H groups in total. The molecular weight excluding hydrogens is 394 g/mol. The molecule has 2 aromatic carbocycles. The highest BCUT2D eigenvalue weighted by Gasteiger charge is 2.41. The minimum atomic E-state index is -0.595. The summed E-state index contributed by atoms with van der Waals surface area (Å²) in [5, 5.41) is 13.3. The Morgan fingerprint density at radius 2 is 1.87 bits per heavy atom. The van der Waals surface area contributed by atoms with Crippen LogP contribution in [0.5, 0.6) is 11.5 Å². The highest BCUT2D eigenvalue weighted by Crippen LogP contribution is 2.47. The largest absolute Gasteiger partial charge is 0.508 e. The van der Waals surface area contributed by atoms with Gasteiger partial charge in [-0.15, -0.1) is 0 Å². The van der Waals surface area contributed by atoms with Crippen LogP contribution in [-0.4, -0.2) is 31.1 Å². The minimum Gasteiger partial charge on any atom is -0.508 e. The average molecular weight is 419 g/mol. The maximum absolute atomic E-state index is 13.5. The number of hydrogen-bond donors (Lipinski definition) is 2. The number of rotatable bonds is 4. The van der Waals surface area contributed by atoms with Crippen LogP contribution in [0, 0.1) is 0 Å². The predicted octanol–water partition coefficient (Wildman–Crippen LogP) is 3.94. The van der Waals surface area contributed by atoms with E-state index in [-0.39, 0.29) is 17.5 Å². The lowest BCUT2D eigenvalue weighted by molar-refractivity contribution is -0.136. The molecule has 2 aromatic rings. The van der Waals surface area contributed by atoms with E-state index in [2.05, 4.69) is 5.32 Å². The summed E-state index contributed by atoms with van der Waals surface area (Å²) in [5.41, 5.74) is 4.05. The number of dihydropyridines is 1. The van der Waals surface area contributed by atoms with Crippen molar-refractivity contribution in [1.82, 2.24) is 5.32 Å². The SMILES string of the molecule is COC(=O)C1=C(C)NC2=C(C(=O)C[C@H](c3ccccc3OC)C2)C1c1cccc(O)c1. The molecule has 6 nitrogen and oxygen atoms in total. The lowest BCUT2D eigenvalue weighted by Gasteiger charge is -2.36. The third-order valence-electron chi connectivity index (χ3n) is 6.02. The Morgan fingerprint density at radius 1 is 1.10 bits per heavy atom. The first kappa shape index (κ1) is 20.7. The van der Waals surface area contributed by atoms with E-state index in [1.807, 2.05) is 37.3 Å². The van der Waals surface area contributed by atoms with Crippen LogP contribution in [0.1, 0.15) is 42.7 Å². The Bertz CT molecular complexity index is 1110. The third-order valence-corrected chi connectivity index (χ3v) is 6.02. The van der Waals surface area contributed by atoms with Crippen molar-refractivity contribution in [3.05, 3.63) is 82.2 Å². The standard InChI is InChI=1S/C25H25NO5/c1-14-22(25(29)31-3)23(15-7-6-8-17(27)11-15)24-19(26-14)12-16(13-20(24)28)18-9-4-5-10-21(18)30-2/h4-11,16,23,26-27H,12-13H2,1-3H3/t16-,23?/m1/s1. The van der Waals surface area contributed by atoms with Crippen LogP contribution < -0.4 is 10.1 Å². The van der Waals surface area contributed by atoms with Gasteiger partial charge in [-0.1, -0.05) is 30.3 Å². The van der Waals surface area contributed by atoms with Gasteiger partial charge in [0.2, 0.25) is 0 Å². The highest BCUT2D eigenvalue weighted by atomic mass is 16.5. The molecule has 4 rings (SSSR count). The molecule has 2 atom stereocenters. The zero-order valence-electron chi connectivity index (χ0n) is 17.8. The molecule has 6 heteroatoms. The van der Waals surface area contributed by atoms with Crippen molar-refractivity contribution in [3.63, 3.8) is 0 Å². The van der Waals surface area contributed by atoms with Gasteiger partial charge in [0.1, 0.15) is 11.5 Å². The smallest absolute Gasteiger partial charge is 0.336 e. The number of esters is 1. The zero-order valence-corrected chi connectivity index (χ0v) is 17.8. The van der Waals surface area contributed by atoms with E-state index in [1.165, 1.54) is 7.11 Å². The number of allylic oxidation sites excluding steroid dienone is 3. The van der Waals surface area contributed by atoms with Crippen molar-refractivity contribution < 1.29 is 24.2 Å². The van der Waals surface area contributed by atoms with Gasteiger partial charge < -0.3 is 19.9 Å². The van der Waals surface area contributed by atoms with Crippen LogP contribution in [0.15, 0.2) is 71.1 Å². The number of aromatic hydroxyl groups is 1. The van der Waals surface area contributed by atoms with Gasteiger partial charge in [-0.3, -0.25) is 4.79 Å². The van der Waals surface area contributed by atoms with Crippen LogP contribution in [-0.2, 0) is 14.3 Å². The van der Waals surface area contributed by atoms with Crippen LogP contribution in [0.2, 0.25) is 0 Å². The number of ether oxygens (including phenoxy) is 2. The van der Waals surface area contributed by atoms with Gasteiger partial charge in [0, 0.05) is 35.2 Å². The Hall–Kier alpha value is -3.54. The van der Waals surface area contributed by atoms with E-state index in [4.69, 9.17) is 9.47 Å². The molecule has 31 heavy (non-hydrogen) atoms. The minimum absolute atomic E-state index is 0.0350. The summed E-state index contributed by atoms with van der Waals surface area (Å²) in [5.74, 6) is -0.326. The molecule has 160 valence electrons. The molecule has 0 saturated carbocycles. The molecule has 0 bridgehead atoms. The van der Waals surface area contributed by atoms with E-state index in [0.29, 0.717) is 35.2 Å². The molecule has 0 fully saturated rings. The average Bonchev–Trinajstić information content (AvgIpc) is 2.77. The van der Waals surface area contributed by atoms with Crippen molar-refractivity contribution in [2.75, 3.05) is 14.2 Å². The van der Waals surface area contributed by atoms with Gasteiger partial charge in [0.25, 0.3) is 0 Å². The fraction of sp³-hybridized carbons (Fsp3) is 0.280. The molecule has 1 heterocycles. The molecule has 0 radical (unpaired) electrons. The number of phenolic OH excluding ortho intramolecular Hbond substituents is 1. The molecule has 2 aliphatic rings. The van der Waals surface area contributed by atoms with Gasteiger partial charge in [-0.05, 0) is 42.7 Å². The Labute approximate surface area is 181 Å². The van der Waals surface area contributed by atoms with Crippen LogP contribution in [0.4, 0.5) is 0 Å². The lowest BCUT2D eigenvalue weighted by atomic mass is 9.71. The summed E-state index contributed by atoms with van der Waals surface area (Å²) in [4.78, 5) is 26.1. The topological polar surface area (TPSA) is 84.9 Å². The number of nitrogens with one attached hydrogen (secondary N) is 1. The van der Waals surface area contributed by atoms with Gasteiger partial charge in [0.15, 0.2) is 5.78 Å². The van der Waals surface area contributed by atoms with E-state index in [9.17, 15) is 14.7 Å². The number of Topliss-reactive ketones (excluding diaryl/α,β-unsaturated/α-hetero) is 1. The van der Waals surface area contributed by atoms with Gasteiger partial charge in [-0.2, -0.15) is 0 Å². The number of benzene rings is 2. The van der Waals surface area contributed by atoms with E-state index >= 15 is 0 Å². The quantitative estimate of drug-likeness (QED) is 0.731. The van der Waals surface area contributed by atoms with Crippen molar-refractivity contribution in [2.24, 2.45) is 0 Å². The van der Waals surface area contributed by atoms with Crippen LogP contribution in [0.3, 0.4) is 0 Å². The van der Waals surface area contributed by atoms with E-state index in [0.717, 1.165) is 17.0 Å². The molecule has 0 amide bonds. The summed E-state index contributed by atoms with van der Waals surface area (Å²) in [6, 6.07) is 14.4. The number of hydrogen-bond acceptors (Lipinski definition) is 6. The number of carbonyl (C=O) groups excluding carboxylic acids is 2. The first-order valence-electron chi connectivity index (χ1n) is 10.2. The predicted molar refractivity (Wildman–Crippen MR) is 116 cm³/mol. The first-order chi connectivity index (χ1) is 14.9. The molecular formula is C25H25NO5. The molecule has 1 aliphatic heterocycles. The van der Waals surface area contributed by atoms with E-state index < -0.39 is 11.9 Å². The summed E-state index contributed by atoms with van der Waals surface area (Å²) < 4.78 is 10.5. The number of phenols is 1. The number of carbonyl (C=O) groups is 2. The normalized spacial score (nSPS) is 20.8. The Kier molecular flexibility index (Phi) is 5.55. The maximum atomic E-state index is 13.5. The monoisotopic (exact) mass is 419 g/mol. The summed E-state index contributed by atoms with van der Waals surface area (Å²) >= 11 is 0. The fourth-order valence-corrected chi connectivity index (χ4v) is 4.68. The molecule has 0 spiro atoms. The van der Waals surface area contributed by atoms with Crippen molar-refractivity contribution >= 4 is 11.8 Å².